The number of nitrogens with one attached hydrogen (secondary N) is 1. The highest BCUT2D eigenvalue weighted by molar-refractivity contribution is 5.74. The van der Waals surface area contributed by atoms with Crippen molar-refractivity contribution in [1.29, 1.82) is 0 Å². The zero-order valence-electron chi connectivity index (χ0n) is 16.2. The summed E-state index contributed by atoms with van der Waals surface area (Å²) in [6, 6.07) is 8.34. The third-order valence-corrected chi connectivity index (χ3v) is 5.94. The lowest BCUT2D eigenvalue weighted by Crippen LogP contribution is -2.46. The number of benzene rings is 1. The van der Waals surface area contributed by atoms with Crippen molar-refractivity contribution >= 4 is 6.03 Å². The average Bonchev–Trinajstić information content (AvgIpc) is 2.69. The molecule has 0 atom stereocenters. The van der Waals surface area contributed by atoms with Gasteiger partial charge in [-0.2, -0.15) is 0 Å². The Labute approximate surface area is 157 Å². The standard InChI is InChI=1S/C21H33N3O2/c1-17-7-12-23(13-8-17)16-11-22-21(25)24-14-9-18(10-15-24)19-5-3-4-6-20(19)26-2/h3-6,17-18H,7-16H2,1-2H3,(H,22,25). The van der Waals surface area contributed by atoms with Crippen molar-refractivity contribution in [1.82, 2.24) is 15.1 Å². The molecule has 1 aromatic carbocycles. The van der Waals surface area contributed by atoms with Gasteiger partial charge < -0.3 is 19.9 Å². The van der Waals surface area contributed by atoms with Gasteiger partial charge in [0.05, 0.1) is 7.11 Å². The van der Waals surface area contributed by atoms with Crippen molar-refractivity contribution in [2.24, 2.45) is 5.92 Å². The van der Waals surface area contributed by atoms with Crippen LogP contribution in [0.1, 0.15) is 44.1 Å². The van der Waals surface area contributed by atoms with Gasteiger partial charge in [-0.25, -0.2) is 4.79 Å². The van der Waals surface area contributed by atoms with Crippen LogP contribution in [0.3, 0.4) is 0 Å². The Bertz CT molecular complexity index is 576. The van der Waals surface area contributed by atoms with Gasteiger partial charge in [-0.15, -0.1) is 0 Å². The third-order valence-electron chi connectivity index (χ3n) is 5.94. The minimum Gasteiger partial charge on any atom is -0.496 e. The molecule has 1 N–H and O–H groups in total. The molecule has 0 bridgehead atoms. The summed E-state index contributed by atoms with van der Waals surface area (Å²) in [5.41, 5.74) is 1.27. The van der Waals surface area contributed by atoms with Crippen LogP contribution in [0, 0.1) is 5.92 Å². The first kappa shape index (κ1) is 19.0. The van der Waals surface area contributed by atoms with Crippen molar-refractivity contribution in [2.75, 3.05) is 46.4 Å². The van der Waals surface area contributed by atoms with E-state index in [-0.39, 0.29) is 6.03 Å². The van der Waals surface area contributed by atoms with E-state index in [1.165, 1.54) is 31.5 Å². The molecule has 5 nitrogen and oxygen atoms in total. The molecular weight excluding hydrogens is 326 g/mol. The number of piperidine rings is 2. The van der Waals surface area contributed by atoms with Gasteiger partial charge in [-0.1, -0.05) is 25.1 Å². The number of amides is 2. The van der Waals surface area contributed by atoms with Gasteiger partial charge >= 0.3 is 6.03 Å². The number of nitrogens with zero attached hydrogens (tertiary/aromatic N) is 2. The summed E-state index contributed by atoms with van der Waals surface area (Å²) in [6.07, 6.45) is 4.56. The number of methoxy groups -OCH3 is 1. The smallest absolute Gasteiger partial charge is 0.317 e. The van der Waals surface area contributed by atoms with E-state index in [0.717, 1.165) is 50.7 Å². The fourth-order valence-electron chi connectivity index (χ4n) is 4.12. The first-order valence-electron chi connectivity index (χ1n) is 10.1. The molecule has 0 aromatic heterocycles. The summed E-state index contributed by atoms with van der Waals surface area (Å²) in [7, 11) is 1.73. The van der Waals surface area contributed by atoms with E-state index in [1.807, 2.05) is 17.0 Å². The van der Waals surface area contributed by atoms with Crippen LogP contribution >= 0.6 is 0 Å². The molecule has 3 rings (SSSR count). The molecule has 0 spiro atoms. The van der Waals surface area contributed by atoms with Gasteiger partial charge in [-0.05, 0) is 62.2 Å². The molecule has 5 heteroatoms. The number of urea groups is 1. The second-order valence-corrected chi connectivity index (χ2v) is 7.76. The first-order valence-corrected chi connectivity index (χ1v) is 10.1. The van der Waals surface area contributed by atoms with Crippen LogP contribution in [-0.4, -0.2) is 62.2 Å². The van der Waals surface area contributed by atoms with E-state index >= 15 is 0 Å². The summed E-state index contributed by atoms with van der Waals surface area (Å²) >= 11 is 0. The van der Waals surface area contributed by atoms with E-state index in [1.54, 1.807) is 7.11 Å². The summed E-state index contributed by atoms with van der Waals surface area (Å²) in [5.74, 6) is 2.29. The molecule has 144 valence electrons. The van der Waals surface area contributed by atoms with Crippen molar-refractivity contribution < 1.29 is 9.53 Å². The average molecular weight is 360 g/mol. The minimum atomic E-state index is 0.0915. The van der Waals surface area contributed by atoms with Gasteiger partial charge in [0.15, 0.2) is 0 Å². The maximum atomic E-state index is 12.4. The molecule has 2 amide bonds. The monoisotopic (exact) mass is 359 g/mol. The van der Waals surface area contributed by atoms with Crippen LogP contribution in [-0.2, 0) is 0 Å². The Morgan fingerprint density at radius 2 is 1.81 bits per heavy atom. The maximum absolute atomic E-state index is 12.4. The molecule has 2 aliphatic rings. The normalized spacial score (nSPS) is 20.2. The molecule has 0 radical (unpaired) electrons. The van der Waals surface area contributed by atoms with Gasteiger partial charge in [0.1, 0.15) is 5.75 Å². The number of carbonyl (C=O) groups excluding carboxylic acids is 1. The molecule has 2 fully saturated rings. The van der Waals surface area contributed by atoms with Crippen LogP contribution < -0.4 is 10.1 Å². The molecular formula is C21H33N3O2. The van der Waals surface area contributed by atoms with Crippen LogP contribution in [0.15, 0.2) is 24.3 Å². The van der Waals surface area contributed by atoms with Gasteiger partial charge in [0, 0.05) is 26.2 Å². The van der Waals surface area contributed by atoms with Crippen LogP contribution in [0.4, 0.5) is 4.79 Å². The number of hydrogen-bond acceptors (Lipinski definition) is 3. The maximum Gasteiger partial charge on any atom is 0.317 e. The van der Waals surface area contributed by atoms with Gasteiger partial charge in [0.2, 0.25) is 0 Å². The SMILES string of the molecule is COc1ccccc1C1CCN(C(=O)NCCN2CCC(C)CC2)CC1. The second-order valence-electron chi connectivity index (χ2n) is 7.76. The molecule has 1 aromatic rings. The fraction of sp³-hybridized carbons (Fsp3) is 0.667. The Morgan fingerprint density at radius 1 is 1.12 bits per heavy atom. The predicted molar refractivity (Wildman–Crippen MR) is 105 cm³/mol. The largest absolute Gasteiger partial charge is 0.496 e. The van der Waals surface area contributed by atoms with Crippen LogP contribution in [0.25, 0.3) is 0 Å². The number of hydrogen-bond donors (Lipinski definition) is 1. The lowest BCUT2D eigenvalue weighted by Gasteiger charge is -2.33. The van der Waals surface area contributed by atoms with E-state index in [0.29, 0.717) is 5.92 Å². The Hall–Kier alpha value is -1.75. The molecule has 0 unspecified atom stereocenters. The highest BCUT2D eigenvalue weighted by Crippen LogP contribution is 2.33. The number of ether oxygens (including phenoxy) is 1. The summed E-state index contributed by atoms with van der Waals surface area (Å²) in [6.45, 7) is 8.01. The lowest BCUT2D eigenvalue weighted by atomic mass is 9.89. The molecule has 0 aliphatic carbocycles. The Kier molecular flexibility index (Phi) is 6.78. The van der Waals surface area contributed by atoms with Crippen LogP contribution in [0.5, 0.6) is 5.75 Å². The predicted octanol–water partition coefficient (Wildman–Crippen LogP) is 3.32. The highest BCUT2D eigenvalue weighted by Gasteiger charge is 2.25. The lowest BCUT2D eigenvalue weighted by molar-refractivity contribution is 0.171. The quantitative estimate of drug-likeness (QED) is 0.877. The second kappa shape index (κ2) is 9.26. The molecule has 0 saturated carbocycles. The third kappa shape index (κ3) is 4.91. The molecule has 2 saturated heterocycles. The van der Waals surface area contributed by atoms with Crippen molar-refractivity contribution in [3.8, 4) is 5.75 Å². The van der Waals surface area contributed by atoms with Gasteiger partial charge in [-0.3, -0.25) is 0 Å². The van der Waals surface area contributed by atoms with Crippen LogP contribution in [0.2, 0.25) is 0 Å². The number of likely N-dealkylation sites (tertiary alicyclic amines) is 2. The molecule has 2 heterocycles. The number of para-hydroxylation sites is 1. The topological polar surface area (TPSA) is 44.8 Å². The summed E-state index contributed by atoms with van der Waals surface area (Å²) in [5, 5.41) is 3.11. The van der Waals surface area contributed by atoms with Crippen molar-refractivity contribution in [3.63, 3.8) is 0 Å². The fourth-order valence-corrected chi connectivity index (χ4v) is 4.12. The van der Waals surface area contributed by atoms with Gasteiger partial charge in [0.25, 0.3) is 0 Å². The first-order chi connectivity index (χ1) is 12.7. The number of rotatable bonds is 5. The Balaban J connectivity index is 1.39. The van der Waals surface area contributed by atoms with E-state index in [9.17, 15) is 4.79 Å². The van der Waals surface area contributed by atoms with E-state index < -0.39 is 0 Å². The van der Waals surface area contributed by atoms with E-state index in [4.69, 9.17) is 4.74 Å². The van der Waals surface area contributed by atoms with Crippen molar-refractivity contribution in [2.45, 2.75) is 38.5 Å². The minimum absolute atomic E-state index is 0.0915. The highest BCUT2D eigenvalue weighted by atomic mass is 16.5. The van der Waals surface area contributed by atoms with E-state index in [2.05, 4.69) is 29.3 Å². The molecule has 26 heavy (non-hydrogen) atoms. The zero-order chi connectivity index (χ0) is 18.4. The molecule has 2 aliphatic heterocycles. The van der Waals surface area contributed by atoms with Crippen molar-refractivity contribution in [3.05, 3.63) is 29.8 Å². The summed E-state index contributed by atoms with van der Waals surface area (Å²) in [4.78, 5) is 16.9. The zero-order valence-corrected chi connectivity index (χ0v) is 16.2. The Morgan fingerprint density at radius 3 is 2.50 bits per heavy atom. The summed E-state index contributed by atoms with van der Waals surface area (Å²) < 4.78 is 5.49. The number of carbonyl (C=O) groups is 1.